The first-order valence-corrected chi connectivity index (χ1v) is 9.01. The Morgan fingerprint density at radius 3 is 2.59 bits per heavy atom. The number of methoxy groups -OCH3 is 1. The van der Waals surface area contributed by atoms with Crippen LogP contribution in [0.2, 0.25) is 0 Å². The van der Waals surface area contributed by atoms with Gasteiger partial charge in [0.1, 0.15) is 5.58 Å². The molecule has 4 rings (SSSR count). The van der Waals surface area contributed by atoms with Crippen LogP contribution in [0.3, 0.4) is 0 Å². The molecule has 146 valence electrons. The monoisotopic (exact) mass is 389 g/mol. The zero-order chi connectivity index (χ0) is 20.4. The number of rotatable bonds is 6. The highest BCUT2D eigenvalue weighted by Crippen LogP contribution is 2.27. The third kappa shape index (κ3) is 3.55. The summed E-state index contributed by atoms with van der Waals surface area (Å²) in [6.07, 6.45) is 3.29. The number of hydrogen-bond donors (Lipinski definition) is 1. The Labute approximate surface area is 166 Å². The van der Waals surface area contributed by atoms with Crippen LogP contribution in [0, 0.1) is 0 Å². The summed E-state index contributed by atoms with van der Waals surface area (Å²) in [7, 11) is 3.33. The molecule has 4 aromatic rings. The number of anilines is 1. The standard InChI is InChI=1S/C22H19N3O4/c1-25-12-11-23-21(25)19(26)14-7-9-15(10-8-14)24-22(27)20-17(13-28-2)16-5-3-4-6-18(16)29-20/h3-12H,13H2,1-2H3,(H,24,27). The zero-order valence-corrected chi connectivity index (χ0v) is 16.0. The maximum Gasteiger partial charge on any atom is 0.291 e. The van der Waals surface area contributed by atoms with Crippen molar-refractivity contribution in [1.29, 1.82) is 0 Å². The Balaban J connectivity index is 1.56. The maximum absolute atomic E-state index is 12.8. The van der Waals surface area contributed by atoms with Gasteiger partial charge in [0.15, 0.2) is 11.6 Å². The van der Waals surface area contributed by atoms with E-state index in [1.807, 2.05) is 24.3 Å². The van der Waals surface area contributed by atoms with Crippen LogP contribution in [-0.4, -0.2) is 28.4 Å². The number of hydrogen-bond acceptors (Lipinski definition) is 5. The third-order valence-electron chi connectivity index (χ3n) is 4.62. The van der Waals surface area contributed by atoms with Crippen LogP contribution >= 0.6 is 0 Å². The minimum atomic E-state index is -0.378. The van der Waals surface area contributed by atoms with Gasteiger partial charge in [-0.05, 0) is 30.3 Å². The lowest BCUT2D eigenvalue weighted by atomic mass is 10.1. The fourth-order valence-electron chi connectivity index (χ4n) is 3.18. The van der Waals surface area contributed by atoms with Crippen LogP contribution in [0.25, 0.3) is 11.0 Å². The molecule has 2 aromatic heterocycles. The van der Waals surface area contributed by atoms with Gasteiger partial charge in [-0.25, -0.2) is 4.98 Å². The molecule has 1 N–H and O–H groups in total. The predicted octanol–water partition coefficient (Wildman–Crippen LogP) is 3.80. The SMILES string of the molecule is COCc1c(C(=O)Nc2ccc(C(=O)c3nccn3C)cc2)oc2ccccc12. The number of aryl methyl sites for hydroxylation is 1. The second-order valence-electron chi connectivity index (χ2n) is 6.56. The fraction of sp³-hybridized carbons (Fsp3) is 0.136. The first kappa shape index (κ1) is 18.6. The molecule has 0 saturated carbocycles. The highest BCUT2D eigenvalue weighted by Gasteiger charge is 2.21. The minimum absolute atomic E-state index is 0.185. The van der Waals surface area contributed by atoms with Gasteiger partial charge in [0, 0.05) is 48.8 Å². The number of furan rings is 1. The van der Waals surface area contributed by atoms with Gasteiger partial charge in [-0.3, -0.25) is 9.59 Å². The lowest BCUT2D eigenvalue weighted by Gasteiger charge is -2.06. The fourth-order valence-corrected chi connectivity index (χ4v) is 3.18. The molecule has 7 heteroatoms. The van der Waals surface area contributed by atoms with Crippen LogP contribution in [-0.2, 0) is 18.4 Å². The van der Waals surface area contributed by atoms with Crippen LogP contribution in [0.5, 0.6) is 0 Å². The van der Waals surface area contributed by atoms with Crippen LogP contribution in [0.15, 0.2) is 65.3 Å². The quantitative estimate of drug-likeness (QED) is 0.507. The Morgan fingerprint density at radius 2 is 1.90 bits per heavy atom. The maximum atomic E-state index is 12.8. The number of nitrogens with one attached hydrogen (secondary N) is 1. The summed E-state index contributed by atoms with van der Waals surface area (Å²) < 4.78 is 12.7. The van der Waals surface area contributed by atoms with Crippen molar-refractivity contribution in [3.63, 3.8) is 0 Å². The molecule has 0 unspecified atom stereocenters. The van der Waals surface area contributed by atoms with E-state index in [0.29, 0.717) is 28.2 Å². The first-order chi connectivity index (χ1) is 14.1. The van der Waals surface area contributed by atoms with Crippen molar-refractivity contribution in [2.24, 2.45) is 7.05 Å². The molecule has 0 bridgehead atoms. The zero-order valence-electron chi connectivity index (χ0n) is 16.0. The molecule has 2 aromatic carbocycles. The molecule has 0 spiro atoms. The second-order valence-corrected chi connectivity index (χ2v) is 6.56. The molecule has 0 atom stereocenters. The topological polar surface area (TPSA) is 86.4 Å². The molecule has 0 radical (unpaired) electrons. The Morgan fingerprint density at radius 1 is 1.14 bits per heavy atom. The van der Waals surface area contributed by atoms with Gasteiger partial charge < -0.3 is 19.0 Å². The van der Waals surface area contributed by atoms with Crippen molar-refractivity contribution >= 4 is 28.3 Å². The van der Waals surface area contributed by atoms with Gasteiger partial charge in [-0.2, -0.15) is 0 Å². The molecular weight excluding hydrogens is 370 g/mol. The van der Waals surface area contributed by atoms with Crippen molar-refractivity contribution in [2.75, 3.05) is 12.4 Å². The second kappa shape index (κ2) is 7.73. The van der Waals surface area contributed by atoms with Crippen molar-refractivity contribution in [2.45, 2.75) is 6.61 Å². The average Bonchev–Trinajstić information content (AvgIpc) is 3.32. The molecule has 0 aliphatic carbocycles. The Bertz CT molecular complexity index is 1190. The molecule has 1 amide bonds. The Kier molecular flexibility index (Phi) is 4.97. The Hall–Kier alpha value is -3.71. The number of nitrogens with zero attached hydrogens (tertiary/aromatic N) is 2. The first-order valence-electron chi connectivity index (χ1n) is 9.01. The summed E-state index contributed by atoms with van der Waals surface area (Å²) in [6, 6.07) is 14.1. The summed E-state index contributed by atoms with van der Waals surface area (Å²) >= 11 is 0. The van der Waals surface area contributed by atoms with E-state index >= 15 is 0 Å². The van der Waals surface area contributed by atoms with E-state index in [4.69, 9.17) is 9.15 Å². The van der Waals surface area contributed by atoms with Crippen molar-refractivity contribution in [3.05, 3.63) is 83.6 Å². The van der Waals surface area contributed by atoms with E-state index in [9.17, 15) is 9.59 Å². The van der Waals surface area contributed by atoms with Crippen molar-refractivity contribution in [1.82, 2.24) is 9.55 Å². The number of benzene rings is 2. The number of carbonyl (C=O) groups is 2. The van der Waals surface area contributed by atoms with Gasteiger partial charge in [-0.1, -0.05) is 18.2 Å². The number of fused-ring (bicyclic) bond motifs is 1. The van der Waals surface area contributed by atoms with E-state index in [2.05, 4.69) is 10.3 Å². The molecular formula is C22H19N3O4. The van der Waals surface area contributed by atoms with E-state index in [1.165, 1.54) is 0 Å². The number of ketones is 1. The van der Waals surface area contributed by atoms with Crippen molar-refractivity contribution < 1.29 is 18.7 Å². The van der Waals surface area contributed by atoms with Gasteiger partial charge in [-0.15, -0.1) is 0 Å². The largest absolute Gasteiger partial charge is 0.451 e. The van der Waals surface area contributed by atoms with Crippen LogP contribution < -0.4 is 5.32 Å². The summed E-state index contributed by atoms with van der Waals surface area (Å²) in [4.78, 5) is 29.4. The summed E-state index contributed by atoms with van der Waals surface area (Å²) in [6.45, 7) is 0.261. The van der Waals surface area contributed by atoms with Crippen molar-refractivity contribution in [3.8, 4) is 0 Å². The number of carbonyl (C=O) groups excluding carboxylic acids is 2. The summed E-state index contributed by atoms with van der Waals surface area (Å²) in [5.74, 6) is 0.000881. The number of amides is 1. The van der Waals surface area contributed by atoms with E-state index < -0.39 is 0 Å². The van der Waals surface area contributed by atoms with Crippen LogP contribution in [0.1, 0.15) is 32.3 Å². The van der Waals surface area contributed by atoms with Gasteiger partial charge >= 0.3 is 0 Å². The van der Waals surface area contributed by atoms with E-state index in [-0.39, 0.29) is 24.1 Å². The highest BCUT2D eigenvalue weighted by atomic mass is 16.5. The average molecular weight is 389 g/mol. The minimum Gasteiger partial charge on any atom is -0.451 e. The normalized spacial score (nSPS) is 11.0. The lowest BCUT2D eigenvalue weighted by Crippen LogP contribution is -2.13. The predicted molar refractivity (Wildman–Crippen MR) is 108 cm³/mol. The molecule has 7 nitrogen and oxygen atoms in total. The molecule has 2 heterocycles. The van der Waals surface area contributed by atoms with E-state index in [0.717, 1.165) is 5.39 Å². The molecule has 0 saturated heterocycles. The van der Waals surface area contributed by atoms with Gasteiger partial charge in [0.2, 0.25) is 5.78 Å². The molecule has 0 aliphatic heterocycles. The highest BCUT2D eigenvalue weighted by molar-refractivity contribution is 6.08. The third-order valence-corrected chi connectivity index (χ3v) is 4.62. The lowest BCUT2D eigenvalue weighted by molar-refractivity contribution is 0.0991. The van der Waals surface area contributed by atoms with Gasteiger partial charge in [0.05, 0.1) is 6.61 Å². The molecule has 0 aliphatic rings. The summed E-state index contributed by atoms with van der Waals surface area (Å²) in [5, 5.41) is 3.65. The number of ether oxygens (including phenoxy) is 1. The van der Waals surface area contributed by atoms with Gasteiger partial charge in [0.25, 0.3) is 5.91 Å². The molecule has 0 fully saturated rings. The number of imidazole rings is 1. The molecule has 29 heavy (non-hydrogen) atoms. The van der Waals surface area contributed by atoms with E-state index in [1.54, 1.807) is 55.4 Å². The number of para-hydroxylation sites is 1. The van der Waals surface area contributed by atoms with Crippen LogP contribution in [0.4, 0.5) is 5.69 Å². The number of aromatic nitrogens is 2. The smallest absolute Gasteiger partial charge is 0.291 e. The summed E-state index contributed by atoms with van der Waals surface area (Å²) in [5.41, 5.74) is 2.36.